The van der Waals surface area contributed by atoms with Crippen LogP contribution in [0.3, 0.4) is 0 Å². The third-order valence-corrected chi connectivity index (χ3v) is 3.36. The first-order valence-corrected chi connectivity index (χ1v) is 6.95. The molecule has 0 aliphatic rings. The van der Waals surface area contributed by atoms with E-state index < -0.39 is 28.9 Å². The first-order chi connectivity index (χ1) is 11.6. The van der Waals surface area contributed by atoms with Gasteiger partial charge in [0.05, 0.1) is 17.9 Å². The molecule has 9 heteroatoms. The van der Waals surface area contributed by atoms with Crippen molar-refractivity contribution < 1.29 is 22.3 Å². The molecule has 0 N–H and O–H groups in total. The van der Waals surface area contributed by atoms with Gasteiger partial charge in [0.25, 0.3) is 5.56 Å². The third-order valence-electron chi connectivity index (χ3n) is 3.36. The van der Waals surface area contributed by atoms with Gasteiger partial charge in [-0.25, -0.2) is 13.8 Å². The van der Waals surface area contributed by atoms with Gasteiger partial charge in [-0.1, -0.05) is 5.92 Å². The first-order valence-electron chi connectivity index (χ1n) is 6.95. The number of rotatable bonds is 3. The second kappa shape index (κ2) is 6.47. The van der Waals surface area contributed by atoms with Crippen LogP contribution >= 0.6 is 0 Å². The van der Waals surface area contributed by atoms with Gasteiger partial charge >= 0.3 is 11.9 Å². The van der Waals surface area contributed by atoms with Gasteiger partial charge in [-0.05, 0) is 6.92 Å². The molecule has 0 atom stereocenters. The summed E-state index contributed by atoms with van der Waals surface area (Å²) in [6, 6.07) is 2.12. The normalized spacial score (nSPS) is 11.2. The summed E-state index contributed by atoms with van der Waals surface area (Å²) < 4.78 is 58.6. The van der Waals surface area contributed by atoms with Crippen LogP contribution in [0.4, 0.5) is 17.6 Å². The number of aromatic nitrogens is 2. The molecule has 2 aromatic rings. The first kappa shape index (κ1) is 18.3. The molecule has 0 spiro atoms. The van der Waals surface area contributed by atoms with Crippen LogP contribution in [0.2, 0.25) is 0 Å². The third kappa shape index (κ3) is 3.28. The lowest BCUT2D eigenvalue weighted by Gasteiger charge is -2.16. The predicted molar refractivity (Wildman–Crippen MR) is 81.3 cm³/mol. The molecule has 132 valence electrons. The molecule has 1 heterocycles. The standard InChI is InChI=1S/C16H12F4N2O3/c1-4-9-6-12(25-5-2)11(7-10(9)17)22-14(23)8-13(16(18,19)20)21(3)15(22)24/h1,6-8H,5H2,2-3H3. The molecule has 0 bridgehead atoms. The summed E-state index contributed by atoms with van der Waals surface area (Å²) >= 11 is 0. The molecule has 0 amide bonds. The Morgan fingerprint density at radius 3 is 2.40 bits per heavy atom. The van der Waals surface area contributed by atoms with E-state index in [-0.39, 0.29) is 34.2 Å². The Morgan fingerprint density at radius 2 is 1.88 bits per heavy atom. The quantitative estimate of drug-likeness (QED) is 0.625. The van der Waals surface area contributed by atoms with Crippen LogP contribution in [0.15, 0.2) is 27.8 Å². The number of ether oxygens (including phenoxy) is 1. The molecule has 0 radical (unpaired) electrons. The van der Waals surface area contributed by atoms with Crippen LogP contribution in [0.25, 0.3) is 5.69 Å². The zero-order valence-electron chi connectivity index (χ0n) is 13.1. The van der Waals surface area contributed by atoms with Crippen molar-refractivity contribution >= 4 is 0 Å². The smallest absolute Gasteiger partial charge is 0.431 e. The number of benzene rings is 1. The second-order valence-electron chi connectivity index (χ2n) is 4.92. The molecule has 1 aromatic heterocycles. The van der Waals surface area contributed by atoms with Crippen molar-refractivity contribution in [3.05, 3.63) is 56.1 Å². The number of hydrogen-bond acceptors (Lipinski definition) is 3. The summed E-state index contributed by atoms with van der Waals surface area (Å²) in [5.41, 5.74) is -4.50. The van der Waals surface area contributed by atoms with Gasteiger partial charge in [-0.15, -0.1) is 6.42 Å². The molecule has 5 nitrogen and oxygen atoms in total. The van der Waals surface area contributed by atoms with Crippen molar-refractivity contribution in [1.29, 1.82) is 0 Å². The summed E-state index contributed by atoms with van der Waals surface area (Å²) in [5.74, 6) is 1.05. The molecular formula is C16H12F4N2O3. The Hall–Kier alpha value is -3.02. The molecule has 0 saturated carbocycles. The fourth-order valence-corrected chi connectivity index (χ4v) is 2.22. The molecule has 0 unspecified atom stereocenters. The van der Waals surface area contributed by atoms with E-state index >= 15 is 0 Å². The maximum absolute atomic E-state index is 14.0. The highest BCUT2D eigenvalue weighted by molar-refractivity contribution is 5.53. The van der Waals surface area contributed by atoms with Gasteiger partial charge < -0.3 is 4.74 Å². The van der Waals surface area contributed by atoms with E-state index in [0.717, 1.165) is 19.2 Å². The highest BCUT2D eigenvalue weighted by atomic mass is 19.4. The fourth-order valence-electron chi connectivity index (χ4n) is 2.22. The van der Waals surface area contributed by atoms with E-state index in [4.69, 9.17) is 11.2 Å². The van der Waals surface area contributed by atoms with Crippen molar-refractivity contribution in [2.75, 3.05) is 6.61 Å². The summed E-state index contributed by atoms with van der Waals surface area (Å²) in [7, 11) is 0.855. The van der Waals surface area contributed by atoms with Crippen molar-refractivity contribution in [2.45, 2.75) is 13.1 Å². The lowest BCUT2D eigenvalue weighted by molar-refractivity contribution is -0.144. The largest absolute Gasteiger partial charge is 0.492 e. The van der Waals surface area contributed by atoms with E-state index in [2.05, 4.69) is 5.92 Å². The number of nitrogens with zero attached hydrogens (tertiary/aromatic N) is 2. The van der Waals surface area contributed by atoms with Gasteiger partial charge in [0, 0.05) is 25.2 Å². The molecule has 1 aromatic carbocycles. The number of hydrogen-bond donors (Lipinski definition) is 0. The molecule has 2 rings (SSSR count). The van der Waals surface area contributed by atoms with E-state index in [1.807, 2.05) is 0 Å². The monoisotopic (exact) mass is 356 g/mol. The Balaban J connectivity index is 2.87. The van der Waals surface area contributed by atoms with Crippen LogP contribution < -0.4 is 16.0 Å². The molecule has 0 saturated heterocycles. The highest BCUT2D eigenvalue weighted by Gasteiger charge is 2.35. The van der Waals surface area contributed by atoms with E-state index in [0.29, 0.717) is 4.57 Å². The molecule has 25 heavy (non-hydrogen) atoms. The lowest BCUT2D eigenvalue weighted by Crippen LogP contribution is -2.40. The van der Waals surface area contributed by atoms with Crippen LogP contribution in [0.5, 0.6) is 5.75 Å². The Labute approximate surface area is 139 Å². The maximum atomic E-state index is 14.0. The molecule has 0 aliphatic carbocycles. The fraction of sp³-hybridized carbons (Fsp3) is 0.250. The van der Waals surface area contributed by atoms with Gasteiger partial charge in [-0.3, -0.25) is 9.36 Å². The van der Waals surface area contributed by atoms with Crippen LogP contribution in [0, 0.1) is 18.2 Å². The van der Waals surface area contributed by atoms with Gasteiger partial charge in [0.2, 0.25) is 0 Å². The average Bonchev–Trinajstić information content (AvgIpc) is 2.52. The SMILES string of the molecule is C#Cc1cc(OCC)c(-n2c(=O)cc(C(F)(F)F)n(C)c2=O)cc1F. The maximum Gasteiger partial charge on any atom is 0.431 e. The van der Waals surface area contributed by atoms with E-state index in [9.17, 15) is 27.2 Å². The molecular weight excluding hydrogens is 344 g/mol. The van der Waals surface area contributed by atoms with Crippen LogP contribution in [-0.2, 0) is 13.2 Å². The zero-order valence-corrected chi connectivity index (χ0v) is 13.1. The van der Waals surface area contributed by atoms with Crippen molar-refractivity contribution in [3.8, 4) is 23.8 Å². The Bertz CT molecular complexity index is 981. The molecule has 0 aliphatic heterocycles. The topological polar surface area (TPSA) is 53.2 Å². The van der Waals surface area contributed by atoms with Gasteiger partial charge in [-0.2, -0.15) is 13.2 Å². The van der Waals surface area contributed by atoms with Crippen LogP contribution in [0.1, 0.15) is 18.2 Å². The number of terminal acetylenes is 1. The minimum atomic E-state index is -4.90. The Morgan fingerprint density at radius 1 is 1.24 bits per heavy atom. The highest BCUT2D eigenvalue weighted by Crippen LogP contribution is 2.28. The van der Waals surface area contributed by atoms with Gasteiger partial charge in [0.15, 0.2) is 0 Å². The van der Waals surface area contributed by atoms with E-state index in [1.165, 1.54) is 0 Å². The van der Waals surface area contributed by atoms with Gasteiger partial charge in [0.1, 0.15) is 17.3 Å². The van der Waals surface area contributed by atoms with Crippen molar-refractivity contribution in [2.24, 2.45) is 7.05 Å². The minimum absolute atomic E-state index is 0.0956. The zero-order chi connectivity index (χ0) is 18.9. The summed E-state index contributed by atoms with van der Waals surface area (Å²) in [4.78, 5) is 24.4. The van der Waals surface area contributed by atoms with Crippen LogP contribution in [-0.4, -0.2) is 15.7 Å². The second-order valence-corrected chi connectivity index (χ2v) is 4.92. The van der Waals surface area contributed by atoms with Crippen molar-refractivity contribution in [1.82, 2.24) is 9.13 Å². The lowest BCUT2D eigenvalue weighted by atomic mass is 10.1. The summed E-state index contributed by atoms with van der Waals surface area (Å²) in [5, 5.41) is 0. The summed E-state index contributed by atoms with van der Waals surface area (Å²) in [6.45, 7) is 1.69. The minimum Gasteiger partial charge on any atom is -0.492 e. The summed E-state index contributed by atoms with van der Waals surface area (Å²) in [6.07, 6.45) is 0.256. The average molecular weight is 356 g/mol. The van der Waals surface area contributed by atoms with Crippen molar-refractivity contribution in [3.63, 3.8) is 0 Å². The number of alkyl halides is 3. The number of halogens is 4. The van der Waals surface area contributed by atoms with E-state index in [1.54, 1.807) is 6.92 Å². The molecule has 0 fully saturated rings. The Kier molecular flexibility index (Phi) is 4.74. The predicted octanol–water partition coefficient (Wildman–Crippen LogP) is 2.07.